The molecule has 0 aliphatic carbocycles. The lowest BCUT2D eigenvalue weighted by Gasteiger charge is -2.25. The van der Waals surface area contributed by atoms with Crippen molar-refractivity contribution in [1.29, 1.82) is 0 Å². The fraction of sp³-hybridized carbons (Fsp3) is 0.286. The smallest absolute Gasteiger partial charge is 0.251 e. The van der Waals surface area contributed by atoms with E-state index in [0.717, 1.165) is 30.3 Å². The molecule has 0 radical (unpaired) electrons. The van der Waals surface area contributed by atoms with Crippen LogP contribution >= 0.6 is 0 Å². The molecule has 0 aliphatic rings. The monoisotopic (exact) mass is 347 g/mol. The molecule has 3 rings (SSSR count). The highest BCUT2D eigenvalue weighted by Gasteiger charge is 2.15. The second-order valence-electron chi connectivity index (χ2n) is 6.28. The minimum absolute atomic E-state index is 0.613. The summed E-state index contributed by atoms with van der Waals surface area (Å²) in [6.45, 7) is 9.96. The summed E-state index contributed by atoms with van der Waals surface area (Å²) in [7, 11) is 0. The number of hydrogen-bond donors (Lipinski definition) is 0. The molecule has 0 unspecified atom stereocenters. The van der Waals surface area contributed by atoms with Crippen LogP contribution in [0, 0.1) is 13.8 Å². The minimum atomic E-state index is 0.613. The lowest BCUT2D eigenvalue weighted by molar-refractivity contribution is 0.863. The summed E-state index contributed by atoms with van der Waals surface area (Å²) in [4.78, 5) is 9.03. The first-order valence-electron chi connectivity index (χ1n) is 9.00. The summed E-state index contributed by atoms with van der Waals surface area (Å²) in [5, 5.41) is 8.51. The summed E-state index contributed by atoms with van der Waals surface area (Å²) in [5.41, 5.74) is 4.61. The molecule has 1 aromatic heterocycles. The Bertz CT molecular complexity index is 809. The molecular formula is C21H25N5. The molecule has 0 bridgehead atoms. The van der Waals surface area contributed by atoms with Crippen molar-refractivity contribution in [3.8, 4) is 0 Å². The van der Waals surface area contributed by atoms with E-state index in [2.05, 4.69) is 96.2 Å². The molecule has 0 saturated carbocycles. The zero-order chi connectivity index (χ0) is 18.5. The van der Waals surface area contributed by atoms with E-state index in [-0.39, 0.29) is 0 Å². The third-order valence-corrected chi connectivity index (χ3v) is 4.31. The third-order valence-electron chi connectivity index (χ3n) is 4.31. The van der Waals surface area contributed by atoms with Crippen LogP contribution in [-0.4, -0.2) is 28.3 Å². The Balaban J connectivity index is 1.98. The Hall–Kier alpha value is -2.95. The maximum atomic E-state index is 4.81. The first kappa shape index (κ1) is 17.9. The van der Waals surface area contributed by atoms with Gasteiger partial charge in [-0.15, -0.1) is 5.10 Å². The van der Waals surface area contributed by atoms with Gasteiger partial charge in [-0.1, -0.05) is 24.3 Å². The van der Waals surface area contributed by atoms with Crippen molar-refractivity contribution in [3.05, 3.63) is 65.9 Å². The van der Waals surface area contributed by atoms with Gasteiger partial charge in [-0.3, -0.25) is 0 Å². The normalized spacial score (nSPS) is 10.6. The number of aromatic nitrogens is 3. The zero-order valence-corrected chi connectivity index (χ0v) is 15.8. The van der Waals surface area contributed by atoms with Gasteiger partial charge in [0.05, 0.1) is 6.20 Å². The van der Waals surface area contributed by atoms with Gasteiger partial charge in [0.1, 0.15) is 0 Å². The highest BCUT2D eigenvalue weighted by Crippen LogP contribution is 2.27. The number of nitrogens with zero attached hydrogens (tertiary/aromatic N) is 5. The van der Waals surface area contributed by atoms with E-state index in [1.165, 1.54) is 11.1 Å². The van der Waals surface area contributed by atoms with E-state index >= 15 is 0 Å². The molecule has 0 spiro atoms. The van der Waals surface area contributed by atoms with Gasteiger partial charge >= 0.3 is 0 Å². The zero-order valence-electron chi connectivity index (χ0n) is 15.8. The quantitative estimate of drug-likeness (QED) is 0.640. The van der Waals surface area contributed by atoms with Gasteiger partial charge in [-0.05, 0) is 63.1 Å². The predicted molar refractivity (Wildman–Crippen MR) is 108 cm³/mol. The largest absolute Gasteiger partial charge is 0.325 e. The van der Waals surface area contributed by atoms with Crippen LogP contribution in [0.15, 0.2) is 54.7 Å². The molecule has 26 heavy (non-hydrogen) atoms. The number of hydrogen-bond acceptors (Lipinski definition) is 5. The number of aryl methyl sites for hydroxylation is 2. The molecule has 1 heterocycles. The van der Waals surface area contributed by atoms with Crippen LogP contribution in [0.2, 0.25) is 0 Å². The molecule has 134 valence electrons. The lowest BCUT2D eigenvalue weighted by atomic mass is 10.2. The Morgan fingerprint density at radius 3 is 1.92 bits per heavy atom. The topological polar surface area (TPSA) is 45.2 Å². The fourth-order valence-electron chi connectivity index (χ4n) is 3.04. The summed E-state index contributed by atoms with van der Waals surface area (Å²) < 4.78 is 0. The third kappa shape index (κ3) is 3.82. The van der Waals surface area contributed by atoms with Crippen molar-refractivity contribution in [1.82, 2.24) is 15.2 Å². The molecule has 0 fully saturated rings. The molecular weight excluding hydrogens is 322 g/mol. The van der Waals surface area contributed by atoms with E-state index in [4.69, 9.17) is 4.98 Å². The van der Waals surface area contributed by atoms with E-state index < -0.39 is 0 Å². The lowest BCUT2D eigenvalue weighted by Crippen LogP contribution is -2.23. The van der Waals surface area contributed by atoms with E-state index in [1.807, 2.05) is 0 Å². The second-order valence-corrected chi connectivity index (χ2v) is 6.28. The van der Waals surface area contributed by atoms with Gasteiger partial charge in [0.25, 0.3) is 5.95 Å². The molecule has 0 amide bonds. The number of benzene rings is 2. The van der Waals surface area contributed by atoms with Gasteiger partial charge in [-0.25, -0.2) is 0 Å². The minimum Gasteiger partial charge on any atom is -0.325 e. The molecule has 0 saturated heterocycles. The highest BCUT2D eigenvalue weighted by molar-refractivity contribution is 5.63. The maximum Gasteiger partial charge on any atom is 0.251 e. The van der Waals surface area contributed by atoms with Crippen molar-refractivity contribution in [2.24, 2.45) is 0 Å². The first-order valence-corrected chi connectivity index (χ1v) is 9.00. The molecule has 3 aromatic rings. The Kier molecular flexibility index (Phi) is 5.46. The Morgan fingerprint density at radius 1 is 0.808 bits per heavy atom. The van der Waals surface area contributed by atoms with Gasteiger partial charge < -0.3 is 9.80 Å². The standard InChI is InChI=1S/C21H25N5/c1-5-25(18-11-7-9-16(3)13-18)20-15-22-24-21(23-20)26(6-2)19-12-8-10-17(4)14-19/h7-15H,5-6H2,1-4H3. The fourth-order valence-corrected chi connectivity index (χ4v) is 3.04. The molecule has 2 aromatic carbocycles. The van der Waals surface area contributed by atoms with Crippen LogP contribution in [0.25, 0.3) is 0 Å². The van der Waals surface area contributed by atoms with Crippen molar-refractivity contribution >= 4 is 23.1 Å². The van der Waals surface area contributed by atoms with Gasteiger partial charge in [-0.2, -0.15) is 10.1 Å². The number of rotatable bonds is 6. The molecule has 5 nitrogen and oxygen atoms in total. The van der Waals surface area contributed by atoms with Crippen LogP contribution in [0.1, 0.15) is 25.0 Å². The summed E-state index contributed by atoms with van der Waals surface area (Å²) in [5.74, 6) is 1.41. The molecule has 0 atom stereocenters. The van der Waals surface area contributed by atoms with Crippen LogP contribution in [0.5, 0.6) is 0 Å². The van der Waals surface area contributed by atoms with Crippen LogP contribution < -0.4 is 9.80 Å². The SMILES string of the molecule is CCN(c1cccc(C)c1)c1cnnc(N(CC)c2cccc(C)c2)n1. The van der Waals surface area contributed by atoms with E-state index in [1.54, 1.807) is 6.20 Å². The summed E-state index contributed by atoms with van der Waals surface area (Å²) >= 11 is 0. The second kappa shape index (κ2) is 7.95. The molecule has 5 heteroatoms. The van der Waals surface area contributed by atoms with Crippen molar-refractivity contribution in [2.75, 3.05) is 22.9 Å². The summed E-state index contributed by atoms with van der Waals surface area (Å²) in [6, 6.07) is 16.8. The van der Waals surface area contributed by atoms with E-state index in [0.29, 0.717) is 5.95 Å². The van der Waals surface area contributed by atoms with Crippen LogP contribution in [-0.2, 0) is 0 Å². The Morgan fingerprint density at radius 2 is 1.38 bits per heavy atom. The van der Waals surface area contributed by atoms with Crippen molar-refractivity contribution in [3.63, 3.8) is 0 Å². The molecule has 0 N–H and O–H groups in total. The summed E-state index contributed by atoms with van der Waals surface area (Å²) in [6.07, 6.45) is 1.72. The van der Waals surface area contributed by atoms with E-state index in [9.17, 15) is 0 Å². The average molecular weight is 347 g/mol. The number of anilines is 4. The van der Waals surface area contributed by atoms with Crippen LogP contribution in [0.4, 0.5) is 23.1 Å². The van der Waals surface area contributed by atoms with Crippen LogP contribution in [0.3, 0.4) is 0 Å². The highest BCUT2D eigenvalue weighted by atomic mass is 15.3. The van der Waals surface area contributed by atoms with Crippen molar-refractivity contribution < 1.29 is 0 Å². The van der Waals surface area contributed by atoms with Gasteiger partial charge in [0.15, 0.2) is 5.82 Å². The molecule has 0 aliphatic heterocycles. The van der Waals surface area contributed by atoms with Gasteiger partial charge in [0.2, 0.25) is 0 Å². The van der Waals surface area contributed by atoms with Crippen molar-refractivity contribution in [2.45, 2.75) is 27.7 Å². The average Bonchev–Trinajstić information content (AvgIpc) is 2.64. The Labute approximate surface area is 155 Å². The maximum absolute atomic E-state index is 4.81. The first-order chi connectivity index (χ1) is 12.6. The van der Waals surface area contributed by atoms with Gasteiger partial charge in [0, 0.05) is 24.5 Å². The predicted octanol–water partition coefficient (Wildman–Crippen LogP) is 4.80.